The quantitative estimate of drug-likeness (QED) is 0.354. The molecule has 1 saturated heterocycles. The predicted molar refractivity (Wildman–Crippen MR) is 128 cm³/mol. The Kier molecular flexibility index (Phi) is 9.00. The number of amides is 1. The van der Waals surface area contributed by atoms with Crippen molar-refractivity contribution in [3.8, 4) is 0 Å². The number of rotatable bonds is 7. The lowest BCUT2D eigenvalue weighted by atomic mass is 10.1. The van der Waals surface area contributed by atoms with Gasteiger partial charge in [-0.05, 0) is 36.6 Å². The maximum absolute atomic E-state index is 11.8. The van der Waals surface area contributed by atoms with Gasteiger partial charge in [0.05, 0.1) is 13.1 Å². The van der Waals surface area contributed by atoms with E-state index in [1.165, 1.54) is 16.8 Å². The molecule has 2 heterocycles. The van der Waals surface area contributed by atoms with Crippen LogP contribution in [0.5, 0.6) is 0 Å². The molecule has 6 nitrogen and oxygen atoms in total. The highest BCUT2D eigenvalue weighted by Crippen LogP contribution is 2.15. The van der Waals surface area contributed by atoms with Crippen LogP contribution in [0.15, 0.2) is 47.6 Å². The average Bonchev–Trinajstić information content (AvgIpc) is 3.28. The molecule has 0 spiro atoms. The monoisotopic (exact) mass is 509 g/mol. The molecule has 1 aromatic carbocycles. The highest BCUT2D eigenvalue weighted by atomic mass is 127. The van der Waals surface area contributed by atoms with Crippen molar-refractivity contribution in [1.82, 2.24) is 19.7 Å². The number of aromatic nitrogens is 1. The molecule has 7 heteroatoms. The van der Waals surface area contributed by atoms with E-state index >= 15 is 0 Å². The molecule has 1 N–H and O–H groups in total. The van der Waals surface area contributed by atoms with Gasteiger partial charge in [-0.3, -0.25) is 4.79 Å². The second kappa shape index (κ2) is 11.2. The Balaban J connectivity index is 0.00000300. The average molecular weight is 509 g/mol. The van der Waals surface area contributed by atoms with Gasteiger partial charge in [-0.25, -0.2) is 4.99 Å². The Labute approximate surface area is 191 Å². The van der Waals surface area contributed by atoms with E-state index in [9.17, 15) is 4.79 Å². The number of benzene rings is 1. The summed E-state index contributed by atoms with van der Waals surface area (Å²) in [6, 6.07) is 12.6. The second-order valence-electron chi connectivity index (χ2n) is 7.37. The normalized spacial score (nSPS) is 14.1. The lowest BCUT2D eigenvalue weighted by molar-refractivity contribution is -0.128. The van der Waals surface area contributed by atoms with Crippen molar-refractivity contribution in [3.05, 3.63) is 59.4 Å². The number of carbonyl (C=O) groups excluding carboxylic acids is 1. The first-order valence-corrected chi connectivity index (χ1v) is 10.0. The smallest absolute Gasteiger partial charge is 0.222 e. The van der Waals surface area contributed by atoms with Crippen molar-refractivity contribution in [2.75, 3.05) is 20.1 Å². The number of nitrogens with zero attached hydrogens (tertiary/aromatic N) is 4. The van der Waals surface area contributed by atoms with Crippen LogP contribution in [0.4, 0.5) is 0 Å². The minimum atomic E-state index is 0. The topological polar surface area (TPSA) is 52.9 Å². The van der Waals surface area contributed by atoms with E-state index in [1.54, 1.807) is 0 Å². The minimum absolute atomic E-state index is 0. The van der Waals surface area contributed by atoms with E-state index in [1.807, 2.05) is 4.90 Å². The van der Waals surface area contributed by atoms with Crippen molar-refractivity contribution in [2.24, 2.45) is 12.0 Å². The summed E-state index contributed by atoms with van der Waals surface area (Å²) in [7, 11) is 4.12. The molecular formula is C22H32IN5O. The fraction of sp³-hybridized carbons (Fsp3) is 0.455. The SMILES string of the molecule is CCNC(=NCc1ccc(CN2CCCC2=O)cc1)N(C)Cc1cccn1C.I. The van der Waals surface area contributed by atoms with Crippen LogP contribution < -0.4 is 5.32 Å². The van der Waals surface area contributed by atoms with Gasteiger partial charge in [0.1, 0.15) is 0 Å². The molecule has 3 rings (SSSR count). The van der Waals surface area contributed by atoms with Crippen molar-refractivity contribution >= 4 is 35.8 Å². The first-order valence-electron chi connectivity index (χ1n) is 10.0. The van der Waals surface area contributed by atoms with E-state index in [-0.39, 0.29) is 29.9 Å². The lowest BCUT2D eigenvalue weighted by Crippen LogP contribution is -2.38. The molecule has 1 amide bonds. The summed E-state index contributed by atoms with van der Waals surface area (Å²) in [5.74, 6) is 1.17. The van der Waals surface area contributed by atoms with Gasteiger partial charge in [0.25, 0.3) is 0 Å². The molecule has 0 radical (unpaired) electrons. The second-order valence-corrected chi connectivity index (χ2v) is 7.37. The number of aliphatic imine (C=N–C) groups is 1. The van der Waals surface area contributed by atoms with Gasteiger partial charge in [-0.15, -0.1) is 24.0 Å². The number of aryl methyl sites for hydroxylation is 1. The molecule has 0 atom stereocenters. The number of nitrogens with one attached hydrogen (secondary N) is 1. The molecule has 29 heavy (non-hydrogen) atoms. The summed E-state index contributed by atoms with van der Waals surface area (Å²) in [5.41, 5.74) is 3.59. The molecule has 0 saturated carbocycles. The number of hydrogen-bond acceptors (Lipinski definition) is 2. The van der Waals surface area contributed by atoms with Gasteiger partial charge < -0.3 is 19.7 Å². The van der Waals surface area contributed by atoms with Crippen LogP contribution in [0.3, 0.4) is 0 Å². The Morgan fingerprint density at radius 1 is 1.21 bits per heavy atom. The van der Waals surface area contributed by atoms with Gasteiger partial charge in [0.15, 0.2) is 5.96 Å². The minimum Gasteiger partial charge on any atom is -0.357 e. The van der Waals surface area contributed by atoms with Gasteiger partial charge >= 0.3 is 0 Å². The zero-order valence-electron chi connectivity index (χ0n) is 17.6. The van der Waals surface area contributed by atoms with Gasteiger partial charge in [0.2, 0.25) is 5.91 Å². The number of likely N-dealkylation sites (tertiary alicyclic amines) is 1. The van der Waals surface area contributed by atoms with E-state index in [0.717, 1.165) is 32.0 Å². The van der Waals surface area contributed by atoms with Crippen LogP contribution in [-0.4, -0.2) is 46.4 Å². The molecule has 0 aliphatic carbocycles. The number of halogens is 1. The fourth-order valence-electron chi connectivity index (χ4n) is 3.46. The molecule has 0 unspecified atom stereocenters. The number of hydrogen-bond donors (Lipinski definition) is 1. The fourth-order valence-corrected chi connectivity index (χ4v) is 3.46. The van der Waals surface area contributed by atoms with Crippen LogP contribution >= 0.6 is 24.0 Å². The van der Waals surface area contributed by atoms with Gasteiger partial charge in [-0.2, -0.15) is 0 Å². The van der Waals surface area contributed by atoms with E-state index in [4.69, 9.17) is 4.99 Å². The van der Waals surface area contributed by atoms with Crippen molar-refractivity contribution in [3.63, 3.8) is 0 Å². The molecule has 1 aliphatic heterocycles. The number of guanidine groups is 1. The lowest BCUT2D eigenvalue weighted by Gasteiger charge is -2.22. The standard InChI is InChI=1S/C22H31N5O.HI/c1-4-23-22(26(3)17-20-7-5-13-25(20)2)24-15-18-9-11-19(12-10-18)16-27-14-6-8-21(27)28;/h5,7,9-13H,4,6,8,14-17H2,1-3H3,(H,23,24);1H. The molecule has 1 fully saturated rings. The van der Waals surface area contributed by atoms with E-state index in [0.29, 0.717) is 19.5 Å². The third-order valence-electron chi connectivity index (χ3n) is 5.13. The first-order chi connectivity index (χ1) is 13.6. The summed E-state index contributed by atoms with van der Waals surface area (Å²) in [5, 5.41) is 3.37. The third kappa shape index (κ3) is 6.48. The molecular weight excluding hydrogens is 477 g/mol. The van der Waals surface area contributed by atoms with Gasteiger partial charge in [0, 0.05) is 52.0 Å². The Morgan fingerprint density at radius 3 is 2.52 bits per heavy atom. The molecule has 1 aromatic heterocycles. The molecule has 2 aromatic rings. The van der Waals surface area contributed by atoms with Crippen LogP contribution in [0, 0.1) is 0 Å². The van der Waals surface area contributed by atoms with E-state index < -0.39 is 0 Å². The third-order valence-corrected chi connectivity index (χ3v) is 5.13. The van der Waals surface area contributed by atoms with Crippen molar-refractivity contribution in [1.29, 1.82) is 0 Å². The molecule has 1 aliphatic rings. The zero-order valence-corrected chi connectivity index (χ0v) is 19.9. The summed E-state index contributed by atoms with van der Waals surface area (Å²) in [4.78, 5) is 20.7. The van der Waals surface area contributed by atoms with E-state index in [2.05, 4.69) is 78.4 Å². The Bertz CT molecular complexity index is 815. The Morgan fingerprint density at radius 2 is 1.93 bits per heavy atom. The maximum atomic E-state index is 11.8. The number of carbonyl (C=O) groups is 1. The molecule has 0 bridgehead atoms. The van der Waals surface area contributed by atoms with Gasteiger partial charge in [-0.1, -0.05) is 24.3 Å². The Hall–Kier alpha value is -2.03. The highest BCUT2D eigenvalue weighted by molar-refractivity contribution is 14.0. The van der Waals surface area contributed by atoms with Crippen LogP contribution in [0.2, 0.25) is 0 Å². The highest BCUT2D eigenvalue weighted by Gasteiger charge is 2.19. The maximum Gasteiger partial charge on any atom is 0.222 e. The summed E-state index contributed by atoms with van der Waals surface area (Å²) in [6.07, 6.45) is 3.73. The van der Waals surface area contributed by atoms with Crippen LogP contribution in [-0.2, 0) is 31.5 Å². The predicted octanol–water partition coefficient (Wildman–Crippen LogP) is 3.36. The largest absolute Gasteiger partial charge is 0.357 e. The molecule has 158 valence electrons. The van der Waals surface area contributed by atoms with Crippen LogP contribution in [0.25, 0.3) is 0 Å². The summed E-state index contributed by atoms with van der Waals surface area (Å²) < 4.78 is 2.13. The first kappa shape index (κ1) is 23.3. The van der Waals surface area contributed by atoms with Crippen molar-refractivity contribution < 1.29 is 4.79 Å². The zero-order chi connectivity index (χ0) is 19.9. The van der Waals surface area contributed by atoms with Crippen molar-refractivity contribution in [2.45, 2.75) is 39.4 Å². The summed E-state index contributed by atoms with van der Waals surface area (Å²) >= 11 is 0. The summed E-state index contributed by atoms with van der Waals surface area (Å²) in [6.45, 7) is 5.94. The van der Waals surface area contributed by atoms with Crippen LogP contribution in [0.1, 0.15) is 36.6 Å².